The summed E-state index contributed by atoms with van der Waals surface area (Å²) in [6.07, 6.45) is 0.121. The highest BCUT2D eigenvalue weighted by molar-refractivity contribution is 6.22. The van der Waals surface area contributed by atoms with Crippen LogP contribution in [0.2, 0.25) is 0 Å². The van der Waals surface area contributed by atoms with Gasteiger partial charge >= 0.3 is 5.97 Å². The maximum absolute atomic E-state index is 12.6. The van der Waals surface area contributed by atoms with Gasteiger partial charge in [0.15, 0.2) is 0 Å². The van der Waals surface area contributed by atoms with Crippen LogP contribution < -0.4 is 4.90 Å². The summed E-state index contributed by atoms with van der Waals surface area (Å²) in [6.45, 7) is 2.33. The van der Waals surface area contributed by atoms with Crippen LogP contribution in [0.15, 0.2) is 24.3 Å². The molecule has 3 rings (SSSR count). The first-order valence-electron chi connectivity index (χ1n) is 7.10. The summed E-state index contributed by atoms with van der Waals surface area (Å²) in [4.78, 5) is 38.9. The van der Waals surface area contributed by atoms with E-state index in [1.807, 2.05) is 4.90 Å². The molecule has 1 aromatic rings. The Bertz CT molecular complexity index is 624. The smallest absolute Gasteiger partial charge is 0.335 e. The number of ether oxygens (including phenoxy) is 1. The molecule has 1 aromatic carbocycles. The molecule has 0 radical (unpaired) electrons. The second-order valence-electron chi connectivity index (χ2n) is 5.29. The number of carbonyl (C=O) groups is 3. The summed E-state index contributed by atoms with van der Waals surface area (Å²) >= 11 is 0. The molecule has 2 fully saturated rings. The average molecular weight is 304 g/mol. The number of carbonyl (C=O) groups excluding carboxylic acids is 2. The number of nitrogens with zero attached hydrogens (tertiary/aromatic N) is 2. The fraction of sp³-hybridized carbons (Fsp3) is 0.400. The highest BCUT2D eigenvalue weighted by Crippen LogP contribution is 2.26. The summed E-state index contributed by atoms with van der Waals surface area (Å²) in [7, 11) is 0. The summed E-state index contributed by atoms with van der Waals surface area (Å²) in [6, 6.07) is 5.39. The summed E-state index contributed by atoms with van der Waals surface area (Å²) in [5.41, 5.74) is 0.360. The van der Waals surface area contributed by atoms with E-state index in [0.717, 1.165) is 4.90 Å². The van der Waals surface area contributed by atoms with Gasteiger partial charge in [-0.25, -0.2) is 9.69 Å². The Balaban J connectivity index is 1.85. The second-order valence-corrected chi connectivity index (χ2v) is 5.29. The monoisotopic (exact) mass is 304 g/mol. The van der Waals surface area contributed by atoms with Crippen LogP contribution in [0.3, 0.4) is 0 Å². The lowest BCUT2D eigenvalue weighted by atomic mass is 10.2. The number of hydrogen-bond acceptors (Lipinski definition) is 5. The number of carboxylic acid groups (broad SMARTS) is 1. The third-order valence-corrected chi connectivity index (χ3v) is 3.96. The van der Waals surface area contributed by atoms with E-state index in [1.165, 1.54) is 18.2 Å². The van der Waals surface area contributed by atoms with Gasteiger partial charge in [-0.3, -0.25) is 14.5 Å². The van der Waals surface area contributed by atoms with Gasteiger partial charge in [-0.1, -0.05) is 6.07 Å². The van der Waals surface area contributed by atoms with Gasteiger partial charge in [0, 0.05) is 13.1 Å². The van der Waals surface area contributed by atoms with E-state index in [-0.39, 0.29) is 23.8 Å². The van der Waals surface area contributed by atoms with E-state index < -0.39 is 12.0 Å². The minimum absolute atomic E-state index is 0.0490. The van der Waals surface area contributed by atoms with Crippen LogP contribution in [-0.4, -0.2) is 60.1 Å². The number of benzene rings is 1. The van der Waals surface area contributed by atoms with Crippen molar-refractivity contribution in [2.24, 2.45) is 0 Å². The Morgan fingerprint density at radius 2 is 1.95 bits per heavy atom. The van der Waals surface area contributed by atoms with Crippen LogP contribution in [0.25, 0.3) is 0 Å². The van der Waals surface area contributed by atoms with E-state index in [9.17, 15) is 14.4 Å². The van der Waals surface area contributed by atoms with Crippen LogP contribution in [0, 0.1) is 0 Å². The lowest BCUT2D eigenvalue weighted by Crippen LogP contribution is -2.47. The van der Waals surface area contributed by atoms with E-state index in [0.29, 0.717) is 32.0 Å². The largest absolute Gasteiger partial charge is 0.478 e. The van der Waals surface area contributed by atoms with E-state index in [4.69, 9.17) is 9.84 Å². The number of carboxylic acids is 1. The number of rotatable bonds is 3. The number of morpholine rings is 1. The van der Waals surface area contributed by atoms with Crippen molar-refractivity contribution >= 4 is 23.5 Å². The first kappa shape index (κ1) is 14.7. The first-order valence-corrected chi connectivity index (χ1v) is 7.10. The highest BCUT2D eigenvalue weighted by Gasteiger charge is 2.43. The molecule has 2 heterocycles. The predicted molar refractivity (Wildman–Crippen MR) is 76.7 cm³/mol. The number of aromatic carboxylic acids is 1. The Labute approximate surface area is 127 Å². The van der Waals surface area contributed by atoms with E-state index in [2.05, 4.69) is 0 Å². The molecule has 1 N–H and O–H groups in total. The molecular formula is C15H16N2O5. The number of imide groups is 1. The molecule has 1 atom stereocenters. The van der Waals surface area contributed by atoms with Crippen LogP contribution in [-0.2, 0) is 14.3 Å². The summed E-state index contributed by atoms with van der Waals surface area (Å²) in [5, 5.41) is 9.03. The summed E-state index contributed by atoms with van der Waals surface area (Å²) < 4.78 is 5.26. The number of amides is 2. The number of hydrogen-bond donors (Lipinski definition) is 1. The maximum atomic E-state index is 12.6. The molecule has 0 aromatic heterocycles. The van der Waals surface area contributed by atoms with Gasteiger partial charge in [-0.15, -0.1) is 0 Å². The van der Waals surface area contributed by atoms with E-state index >= 15 is 0 Å². The average Bonchev–Trinajstić information content (AvgIpc) is 2.83. The zero-order valence-corrected chi connectivity index (χ0v) is 11.9. The molecule has 2 aliphatic heterocycles. The van der Waals surface area contributed by atoms with Crippen molar-refractivity contribution in [3.63, 3.8) is 0 Å². The Morgan fingerprint density at radius 1 is 1.23 bits per heavy atom. The van der Waals surface area contributed by atoms with Crippen molar-refractivity contribution in [2.75, 3.05) is 31.2 Å². The molecule has 0 aliphatic carbocycles. The predicted octanol–water partition coefficient (Wildman–Crippen LogP) is 0.349. The van der Waals surface area contributed by atoms with Gasteiger partial charge in [-0.2, -0.15) is 0 Å². The molecule has 0 bridgehead atoms. The van der Waals surface area contributed by atoms with Crippen molar-refractivity contribution < 1.29 is 24.2 Å². The topological polar surface area (TPSA) is 87.2 Å². The molecular weight excluding hydrogens is 288 g/mol. The minimum Gasteiger partial charge on any atom is -0.478 e. The molecule has 22 heavy (non-hydrogen) atoms. The molecule has 7 heteroatoms. The van der Waals surface area contributed by atoms with Crippen molar-refractivity contribution in [1.29, 1.82) is 0 Å². The van der Waals surface area contributed by atoms with Crippen molar-refractivity contribution in [3.05, 3.63) is 29.8 Å². The van der Waals surface area contributed by atoms with Crippen LogP contribution in [0.1, 0.15) is 16.8 Å². The molecule has 0 unspecified atom stereocenters. The highest BCUT2D eigenvalue weighted by atomic mass is 16.5. The molecule has 116 valence electrons. The van der Waals surface area contributed by atoms with Gasteiger partial charge < -0.3 is 9.84 Å². The standard InChI is InChI=1S/C15H16N2O5/c18-13-9-12(16-4-6-22-7-5-16)14(19)17(13)11-3-1-2-10(8-11)15(20)21/h1-3,8,12H,4-7,9H2,(H,20,21)/t12-/m1/s1. The third kappa shape index (κ3) is 2.60. The third-order valence-electron chi connectivity index (χ3n) is 3.96. The molecule has 2 aliphatic rings. The molecule has 2 saturated heterocycles. The lowest BCUT2D eigenvalue weighted by molar-refractivity contribution is -0.123. The quantitative estimate of drug-likeness (QED) is 0.811. The van der Waals surface area contributed by atoms with E-state index in [1.54, 1.807) is 6.07 Å². The Morgan fingerprint density at radius 3 is 2.64 bits per heavy atom. The summed E-state index contributed by atoms with van der Waals surface area (Å²) in [5.74, 6) is -1.69. The van der Waals surface area contributed by atoms with Gasteiger partial charge in [0.05, 0.1) is 36.9 Å². The number of anilines is 1. The molecule has 2 amide bonds. The normalized spacial score (nSPS) is 23.1. The van der Waals surface area contributed by atoms with Crippen LogP contribution in [0.5, 0.6) is 0 Å². The minimum atomic E-state index is -1.09. The Kier molecular flexibility index (Phi) is 3.91. The van der Waals surface area contributed by atoms with Gasteiger partial charge in [0.1, 0.15) is 0 Å². The van der Waals surface area contributed by atoms with Gasteiger partial charge in [0.2, 0.25) is 5.91 Å². The van der Waals surface area contributed by atoms with Crippen LogP contribution in [0.4, 0.5) is 5.69 Å². The zero-order chi connectivity index (χ0) is 15.7. The molecule has 7 nitrogen and oxygen atoms in total. The lowest BCUT2D eigenvalue weighted by Gasteiger charge is -2.30. The second kappa shape index (κ2) is 5.86. The fourth-order valence-electron chi connectivity index (χ4n) is 2.84. The van der Waals surface area contributed by atoms with Crippen molar-refractivity contribution in [1.82, 2.24) is 4.90 Å². The molecule has 0 spiro atoms. The van der Waals surface area contributed by atoms with Crippen LogP contribution >= 0.6 is 0 Å². The maximum Gasteiger partial charge on any atom is 0.335 e. The zero-order valence-electron chi connectivity index (χ0n) is 11.9. The van der Waals surface area contributed by atoms with Crippen molar-refractivity contribution in [2.45, 2.75) is 12.5 Å². The van der Waals surface area contributed by atoms with Gasteiger partial charge in [0.25, 0.3) is 5.91 Å². The van der Waals surface area contributed by atoms with Gasteiger partial charge in [-0.05, 0) is 18.2 Å². The molecule has 0 saturated carbocycles. The first-order chi connectivity index (χ1) is 10.6. The fourth-order valence-corrected chi connectivity index (χ4v) is 2.84. The van der Waals surface area contributed by atoms with Crippen molar-refractivity contribution in [3.8, 4) is 0 Å². The Hall–Kier alpha value is -2.25. The SMILES string of the molecule is O=C(O)c1cccc(N2C(=O)C[C@@H](N3CCOCC3)C2=O)c1.